The zero-order chi connectivity index (χ0) is 11.5. The average molecular weight is 211 g/mol. The van der Waals surface area contributed by atoms with Crippen LogP contribution in [0.2, 0.25) is 0 Å². The van der Waals surface area contributed by atoms with Gasteiger partial charge < -0.3 is 10.5 Å². The number of halogens is 1. The number of hydrogen-bond acceptors (Lipinski definition) is 2. The van der Waals surface area contributed by atoms with Crippen LogP contribution in [0.5, 0.6) is 0 Å². The molecule has 3 heteroatoms. The molecule has 0 heterocycles. The molecule has 2 nitrogen and oxygen atoms in total. The maximum absolute atomic E-state index is 12.7. The molecule has 0 radical (unpaired) electrons. The van der Waals surface area contributed by atoms with E-state index in [1.54, 1.807) is 19.2 Å². The van der Waals surface area contributed by atoms with Crippen molar-refractivity contribution in [1.82, 2.24) is 0 Å². The Morgan fingerprint density at radius 3 is 2.33 bits per heavy atom. The van der Waals surface area contributed by atoms with E-state index in [9.17, 15) is 4.39 Å². The van der Waals surface area contributed by atoms with Crippen LogP contribution in [0.25, 0.3) is 0 Å². The lowest BCUT2D eigenvalue weighted by Crippen LogP contribution is -2.39. The van der Waals surface area contributed by atoms with Gasteiger partial charge in [-0.1, -0.05) is 19.1 Å². The molecule has 1 aromatic carbocycles. The highest BCUT2D eigenvalue weighted by Gasteiger charge is 2.30. The standard InChI is InChI=1S/C12H18FNO/c1-4-12(2,15-3)11(14)9-5-7-10(13)8-6-9/h5-8,11H,4,14H2,1-3H3. The Morgan fingerprint density at radius 1 is 1.40 bits per heavy atom. The molecular weight excluding hydrogens is 193 g/mol. The van der Waals surface area contributed by atoms with Gasteiger partial charge in [-0.25, -0.2) is 4.39 Å². The van der Waals surface area contributed by atoms with E-state index in [0.717, 1.165) is 12.0 Å². The maximum atomic E-state index is 12.7. The van der Waals surface area contributed by atoms with Gasteiger partial charge in [-0.3, -0.25) is 0 Å². The SMILES string of the molecule is CCC(C)(OC)C(N)c1ccc(F)cc1. The summed E-state index contributed by atoms with van der Waals surface area (Å²) in [7, 11) is 1.65. The van der Waals surface area contributed by atoms with Gasteiger partial charge in [-0.15, -0.1) is 0 Å². The topological polar surface area (TPSA) is 35.2 Å². The highest BCUT2D eigenvalue weighted by molar-refractivity contribution is 5.22. The van der Waals surface area contributed by atoms with E-state index in [1.165, 1.54) is 12.1 Å². The third kappa shape index (κ3) is 2.55. The number of nitrogens with two attached hydrogens (primary N) is 1. The largest absolute Gasteiger partial charge is 0.377 e. The van der Waals surface area contributed by atoms with Crippen LogP contribution in [0, 0.1) is 5.82 Å². The number of ether oxygens (including phenoxy) is 1. The van der Waals surface area contributed by atoms with Crippen molar-refractivity contribution in [2.75, 3.05) is 7.11 Å². The summed E-state index contributed by atoms with van der Waals surface area (Å²) in [6.07, 6.45) is 0.808. The molecule has 0 amide bonds. The Kier molecular flexibility index (Phi) is 3.83. The molecule has 84 valence electrons. The fourth-order valence-electron chi connectivity index (χ4n) is 1.51. The molecule has 2 unspecified atom stereocenters. The quantitative estimate of drug-likeness (QED) is 0.831. The second kappa shape index (κ2) is 4.73. The van der Waals surface area contributed by atoms with Crippen molar-refractivity contribution in [3.05, 3.63) is 35.6 Å². The summed E-state index contributed by atoms with van der Waals surface area (Å²) in [6, 6.07) is 6.00. The fourth-order valence-corrected chi connectivity index (χ4v) is 1.51. The average Bonchev–Trinajstić information content (AvgIpc) is 2.28. The first kappa shape index (κ1) is 12.1. The van der Waals surface area contributed by atoms with Crippen LogP contribution in [0.4, 0.5) is 4.39 Å². The molecule has 0 aliphatic carbocycles. The van der Waals surface area contributed by atoms with Gasteiger partial charge in [0.1, 0.15) is 5.82 Å². The number of benzene rings is 1. The highest BCUT2D eigenvalue weighted by Crippen LogP contribution is 2.29. The van der Waals surface area contributed by atoms with E-state index in [2.05, 4.69) is 0 Å². The van der Waals surface area contributed by atoms with Gasteiger partial charge in [0.25, 0.3) is 0 Å². The van der Waals surface area contributed by atoms with Crippen molar-refractivity contribution in [2.45, 2.75) is 31.9 Å². The minimum Gasteiger partial charge on any atom is -0.377 e. The van der Waals surface area contributed by atoms with Crippen molar-refractivity contribution in [2.24, 2.45) is 5.73 Å². The van der Waals surface area contributed by atoms with Gasteiger partial charge in [0, 0.05) is 7.11 Å². The Labute approximate surface area is 90.2 Å². The van der Waals surface area contributed by atoms with E-state index >= 15 is 0 Å². The monoisotopic (exact) mass is 211 g/mol. The van der Waals surface area contributed by atoms with Crippen LogP contribution in [-0.2, 0) is 4.74 Å². The summed E-state index contributed by atoms with van der Waals surface area (Å²) in [5, 5.41) is 0. The Bertz CT molecular complexity index is 306. The molecule has 0 aliphatic rings. The van der Waals surface area contributed by atoms with Crippen molar-refractivity contribution >= 4 is 0 Å². The third-order valence-corrected chi connectivity index (χ3v) is 3.06. The van der Waals surface area contributed by atoms with Crippen molar-refractivity contribution < 1.29 is 9.13 Å². The Balaban J connectivity index is 2.92. The summed E-state index contributed by atoms with van der Waals surface area (Å²) in [6.45, 7) is 3.98. The summed E-state index contributed by atoms with van der Waals surface area (Å²) in [4.78, 5) is 0. The number of methoxy groups -OCH3 is 1. The molecule has 0 saturated carbocycles. The first-order valence-electron chi connectivity index (χ1n) is 5.09. The van der Waals surface area contributed by atoms with Crippen LogP contribution in [0.15, 0.2) is 24.3 Å². The van der Waals surface area contributed by atoms with E-state index < -0.39 is 5.60 Å². The van der Waals surface area contributed by atoms with E-state index in [4.69, 9.17) is 10.5 Å². The van der Waals surface area contributed by atoms with Crippen LogP contribution in [0.1, 0.15) is 31.9 Å². The van der Waals surface area contributed by atoms with E-state index in [-0.39, 0.29) is 11.9 Å². The lowest BCUT2D eigenvalue weighted by Gasteiger charge is -2.33. The zero-order valence-electron chi connectivity index (χ0n) is 9.46. The summed E-state index contributed by atoms with van der Waals surface area (Å²) in [5.41, 5.74) is 6.58. The molecule has 2 atom stereocenters. The molecule has 0 spiro atoms. The van der Waals surface area contributed by atoms with Gasteiger partial charge in [-0.2, -0.15) is 0 Å². The summed E-state index contributed by atoms with van der Waals surface area (Å²) < 4.78 is 18.2. The summed E-state index contributed by atoms with van der Waals surface area (Å²) >= 11 is 0. The second-order valence-corrected chi connectivity index (χ2v) is 3.90. The van der Waals surface area contributed by atoms with Crippen LogP contribution < -0.4 is 5.73 Å². The molecule has 15 heavy (non-hydrogen) atoms. The first-order valence-corrected chi connectivity index (χ1v) is 5.09. The fraction of sp³-hybridized carbons (Fsp3) is 0.500. The molecule has 1 aromatic rings. The highest BCUT2D eigenvalue weighted by atomic mass is 19.1. The second-order valence-electron chi connectivity index (χ2n) is 3.90. The van der Waals surface area contributed by atoms with Crippen molar-refractivity contribution in [3.8, 4) is 0 Å². The number of rotatable bonds is 4. The molecule has 0 fully saturated rings. The molecular formula is C12H18FNO. The van der Waals surface area contributed by atoms with Gasteiger partial charge in [0.2, 0.25) is 0 Å². The van der Waals surface area contributed by atoms with Crippen molar-refractivity contribution in [1.29, 1.82) is 0 Å². The lowest BCUT2D eigenvalue weighted by atomic mass is 9.88. The molecule has 0 aromatic heterocycles. The zero-order valence-corrected chi connectivity index (χ0v) is 9.46. The van der Waals surface area contributed by atoms with Gasteiger partial charge >= 0.3 is 0 Å². The molecule has 1 rings (SSSR count). The Morgan fingerprint density at radius 2 is 1.93 bits per heavy atom. The number of hydrogen-bond donors (Lipinski definition) is 1. The first-order chi connectivity index (χ1) is 7.03. The minimum absolute atomic E-state index is 0.243. The Hall–Kier alpha value is -0.930. The van der Waals surface area contributed by atoms with Gasteiger partial charge in [0.05, 0.1) is 11.6 Å². The van der Waals surface area contributed by atoms with E-state index in [0.29, 0.717) is 0 Å². The summed E-state index contributed by atoms with van der Waals surface area (Å²) in [5.74, 6) is -0.249. The molecule has 0 saturated heterocycles. The van der Waals surface area contributed by atoms with E-state index in [1.807, 2.05) is 13.8 Å². The van der Waals surface area contributed by atoms with Crippen LogP contribution >= 0.6 is 0 Å². The predicted octanol–water partition coefficient (Wildman–Crippen LogP) is 2.64. The van der Waals surface area contributed by atoms with Gasteiger partial charge in [-0.05, 0) is 31.0 Å². The maximum Gasteiger partial charge on any atom is 0.123 e. The minimum atomic E-state index is -0.405. The molecule has 0 bridgehead atoms. The molecule has 2 N–H and O–H groups in total. The lowest BCUT2D eigenvalue weighted by molar-refractivity contribution is -0.0194. The molecule has 0 aliphatic heterocycles. The third-order valence-electron chi connectivity index (χ3n) is 3.06. The van der Waals surface area contributed by atoms with Crippen molar-refractivity contribution in [3.63, 3.8) is 0 Å². The smallest absolute Gasteiger partial charge is 0.123 e. The van der Waals surface area contributed by atoms with Crippen LogP contribution in [0.3, 0.4) is 0 Å². The predicted molar refractivity (Wildman–Crippen MR) is 59.0 cm³/mol. The normalized spacial score (nSPS) is 17.1. The van der Waals surface area contributed by atoms with Gasteiger partial charge in [0.15, 0.2) is 0 Å². The van der Waals surface area contributed by atoms with Crippen LogP contribution in [-0.4, -0.2) is 12.7 Å².